The van der Waals surface area contributed by atoms with E-state index in [1.807, 2.05) is 43.3 Å². The van der Waals surface area contributed by atoms with Gasteiger partial charge >= 0.3 is 0 Å². The van der Waals surface area contributed by atoms with Crippen LogP contribution < -0.4 is 4.74 Å². The van der Waals surface area contributed by atoms with Gasteiger partial charge in [0.1, 0.15) is 17.9 Å². The third-order valence-corrected chi connectivity index (χ3v) is 5.86. The van der Waals surface area contributed by atoms with Crippen molar-refractivity contribution in [3.63, 3.8) is 0 Å². The Bertz CT molecular complexity index is 1310. The second-order valence-electron chi connectivity index (χ2n) is 6.75. The van der Waals surface area contributed by atoms with Crippen LogP contribution >= 0.6 is 11.3 Å². The number of aromatic nitrogens is 4. The molecule has 5 aromatic rings. The van der Waals surface area contributed by atoms with E-state index in [1.54, 1.807) is 4.52 Å². The zero-order chi connectivity index (χ0) is 19.3. The highest BCUT2D eigenvalue weighted by molar-refractivity contribution is 7.16. The van der Waals surface area contributed by atoms with Crippen molar-refractivity contribution in [2.45, 2.75) is 27.4 Å². The van der Waals surface area contributed by atoms with Gasteiger partial charge in [0.2, 0.25) is 10.8 Å². The van der Waals surface area contributed by atoms with Crippen LogP contribution in [0.1, 0.15) is 21.7 Å². The van der Waals surface area contributed by atoms with E-state index < -0.39 is 0 Å². The van der Waals surface area contributed by atoms with Crippen LogP contribution in [-0.2, 0) is 6.61 Å². The molecule has 0 atom stereocenters. The van der Waals surface area contributed by atoms with Gasteiger partial charge < -0.3 is 9.15 Å². The first kappa shape index (κ1) is 16.9. The maximum atomic E-state index is 6.03. The molecule has 140 valence electrons. The van der Waals surface area contributed by atoms with Crippen LogP contribution in [0.3, 0.4) is 0 Å². The topological polar surface area (TPSA) is 65.5 Å². The molecule has 0 aliphatic carbocycles. The molecule has 0 radical (unpaired) electrons. The summed E-state index contributed by atoms with van der Waals surface area (Å²) < 4.78 is 13.7. The molecule has 0 spiro atoms. The zero-order valence-corrected chi connectivity index (χ0v) is 16.6. The minimum absolute atomic E-state index is 0.386. The minimum atomic E-state index is 0.386. The second-order valence-corrected chi connectivity index (χ2v) is 7.79. The predicted octanol–water partition coefficient (Wildman–Crippen LogP) is 5.10. The van der Waals surface area contributed by atoms with Crippen molar-refractivity contribution < 1.29 is 9.15 Å². The molecule has 0 bridgehead atoms. The molecule has 0 fully saturated rings. The van der Waals surface area contributed by atoms with Gasteiger partial charge in [-0.1, -0.05) is 41.7 Å². The van der Waals surface area contributed by atoms with Gasteiger partial charge in [-0.3, -0.25) is 0 Å². The number of fused-ring (bicyclic) bond motifs is 2. The first-order chi connectivity index (χ1) is 13.6. The molecule has 0 aliphatic rings. The quantitative estimate of drug-likeness (QED) is 0.427. The van der Waals surface area contributed by atoms with E-state index in [0.717, 1.165) is 37.8 Å². The van der Waals surface area contributed by atoms with Gasteiger partial charge in [0.25, 0.3) is 0 Å². The predicted molar refractivity (Wildman–Crippen MR) is 109 cm³/mol. The maximum Gasteiger partial charge on any atom is 0.235 e. The molecule has 0 unspecified atom stereocenters. The van der Waals surface area contributed by atoms with Crippen LogP contribution in [-0.4, -0.2) is 19.8 Å². The Morgan fingerprint density at radius 3 is 2.71 bits per heavy atom. The molecule has 28 heavy (non-hydrogen) atoms. The van der Waals surface area contributed by atoms with E-state index in [-0.39, 0.29) is 0 Å². The summed E-state index contributed by atoms with van der Waals surface area (Å²) in [5, 5.41) is 15.1. The number of ether oxygens (including phenoxy) is 1. The van der Waals surface area contributed by atoms with Gasteiger partial charge in [0.15, 0.2) is 10.8 Å². The van der Waals surface area contributed by atoms with Gasteiger partial charge in [-0.15, -0.1) is 10.2 Å². The number of benzene rings is 2. The third-order valence-electron chi connectivity index (χ3n) is 4.99. The Morgan fingerprint density at radius 1 is 1.00 bits per heavy atom. The lowest BCUT2D eigenvalue weighted by molar-refractivity contribution is 0.302. The molecule has 3 aromatic heterocycles. The SMILES string of the molecule is Cc1cccc(OCc2nn3c(-c4oc5ccccc5c4C)nnc3s2)c1C. The summed E-state index contributed by atoms with van der Waals surface area (Å²) in [7, 11) is 0. The van der Waals surface area contributed by atoms with E-state index in [4.69, 9.17) is 9.15 Å². The molecule has 0 saturated heterocycles. The third kappa shape index (κ3) is 2.66. The summed E-state index contributed by atoms with van der Waals surface area (Å²) >= 11 is 1.47. The average Bonchev–Trinajstić information content (AvgIpc) is 3.36. The summed E-state index contributed by atoms with van der Waals surface area (Å²) in [6, 6.07) is 14.0. The molecule has 0 amide bonds. The lowest BCUT2D eigenvalue weighted by Gasteiger charge is -2.09. The van der Waals surface area contributed by atoms with Crippen molar-refractivity contribution in [2.24, 2.45) is 0 Å². The van der Waals surface area contributed by atoms with Gasteiger partial charge in [0.05, 0.1) is 0 Å². The molecule has 6 nitrogen and oxygen atoms in total. The molecular weight excluding hydrogens is 372 g/mol. The Labute approximate surface area is 165 Å². The molecule has 0 saturated carbocycles. The number of nitrogens with zero attached hydrogens (tertiary/aromatic N) is 4. The number of aryl methyl sites for hydroxylation is 2. The fourth-order valence-corrected chi connectivity index (χ4v) is 4.01. The fourth-order valence-electron chi connectivity index (χ4n) is 3.26. The Morgan fingerprint density at radius 2 is 1.86 bits per heavy atom. The van der Waals surface area contributed by atoms with Crippen LogP contribution in [0.2, 0.25) is 0 Å². The van der Waals surface area contributed by atoms with E-state index in [9.17, 15) is 0 Å². The number of furan rings is 1. The van der Waals surface area contributed by atoms with Crippen molar-refractivity contribution in [1.82, 2.24) is 19.8 Å². The van der Waals surface area contributed by atoms with Crippen molar-refractivity contribution in [1.29, 1.82) is 0 Å². The molecule has 7 heteroatoms. The fraction of sp³-hybridized carbons (Fsp3) is 0.190. The minimum Gasteiger partial charge on any atom is -0.486 e. The largest absolute Gasteiger partial charge is 0.486 e. The van der Waals surface area contributed by atoms with Crippen LogP contribution in [0, 0.1) is 20.8 Å². The Hall–Kier alpha value is -3.19. The van der Waals surface area contributed by atoms with Crippen LogP contribution in [0.25, 0.3) is 27.5 Å². The van der Waals surface area contributed by atoms with Gasteiger partial charge in [0, 0.05) is 10.9 Å². The summed E-state index contributed by atoms with van der Waals surface area (Å²) in [5.41, 5.74) is 4.22. The van der Waals surface area contributed by atoms with Crippen molar-refractivity contribution in [3.05, 3.63) is 64.2 Å². The lowest BCUT2D eigenvalue weighted by Crippen LogP contribution is -1.99. The number of hydrogen-bond acceptors (Lipinski definition) is 6. The average molecular weight is 390 g/mol. The van der Waals surface area contributed by atoms with E-state index in [2.05, 4.69) is 35.2 Å². The molecule has 0 N–H and O–H groups in total. The first-order valence-corrected chi connectivity index (χ1v) is 9.82. The first-order valence-electron chi connectivity index (χ1n) is 9.00. The number of rotatable bonds is 4. The Balaban J connectivity index is 1.48. The number of hydrogen-bond donors (Lipinski definition) is 0. The molecular formula is C21H18N4O2S. The number of para-hydroxylation sites is 1. The van der Waals surface area contributed by atoms with Crippen molar-refractivity contribution in [3.8, 4) is 17.3 Å². The van der Waals surface area contributed by atoms with Crippen LogP contribution in [0.5, 0.6) is 5.75 Å². The summed E-state index contributed by atoms with van der Waals surface area (Å²) in [6.07, 6.45) is 0. The van der Waals surface area contributed by atoms with Crippen LogP contribution in [0.15, 0.2) is 46.9 Å². The Kier molecular flexibility index (Phi) is 3.91. The zero-order valence-electron chi connectivity index (χ0n) is 15.8. The van der Waals surface area contributed by atoms with Gasteiger partial charge in [-0.25, -0.2) is 0 Å². The molecule has 5 rings (SSSR count). The molecule has 2 aromatic carbocycles. The van der Waals surface area contributed by atoms with Gasteiger partial charge in [-0.2, -0.15) is 9.61 Å². The highest BCUT2D eigenvalue weighted by atomic mass is 32.1. The summed E-state index contributed by atoms with van der Waals surface area (Å²) in [5.74, 6) is 2.18. The van der Waals surface area contributed by atoms with Gasteiger partial charge in [-0.05, 0) is 44.0 Å². The second kappa shape index (κ2) is 6.45. The highest BCUT2D eigenvalue weighted by Gasteiger charge is 2.20. The van der Waals surface area contributed by atoms with Crippen molar-refractivity contribution >= 4 is 27.3 Å². The van der Waals surface area contributed by atoms with E-state index >= 15 is 0 Å². The van der Waals surface area contributed by atoms with Crippen molar-refractivity contribution in [2.75, 3.05) is 0 Å². The van der Waals surface area contributed by atoms with E-state index in [0.29, 0.717) is 18.2 Å². The normalized spacial score (nSPS) is 11.5. The molecule has 0 aliphatic heterocycles. The summed E-state index contributed by atoms with van der Waals surface area (Å²) in [6.45, 7) is 6.55. The summed E-state index contributed by atoms with van der Waals surface area (Å²) in [4.78, 5) is 0.717. The smallest absolute Gasteiger partial charge is 0.235 e. The standard InChI is InChI=1S/C21H18N4O2S/c1-12-7-6-10-16(13(12)2)26-11-18-24-25-20(22-23-21(25)28-18)19-14(3)15-8-4-5-9-17(15)27-19/h4-10H,11H2,1-3H3. The van der Waals surface area contributed by atoms with E-state index in [1.165, 1.54) is 16.9 Å². The lowest BCUT2D eigenvalue weighted by atomic mass is 10.1. The maximum absolute atomic E-state index is 6.03. The monoisotopic (exact) mass is 390 g/mol. The van der Waals surface area contributed by atoms with Crippen LogP contribution in [0.4, 0.5) is 0 Å². The molecule has 3 heterocycles. The highest BCUT2D eigenvalue weighted by Crippen LogP contribution is 2.32.